The van der Waals surface area contributed by atoms with E-state index in [1.54, 1.807) is 7.11 Å². The fourth-order valence-corrected chi connectivity index (χ4v) is 5.00. The third kappa shape index (κ3) is 4.60. The maximum Gasteiger partial charge on any atom is 0.224 e. The molecule has 2 fully saturated rings. The minimum Gasteiger partial charge on any atom is -0.478 e. The number of hydrogen-bond donors (Lipinski definition) is 4. The second kappa shape index (κ2) is 9.84. The number of methoxy groups -OCH3 is 1. The molecule has 0 amide bonds. The number of nitrogens with zero attached hydrogens (tertiary/aromatic N) is 3. The summed E-state index contributed by atoms with van der Waals surface area (Å²) in [5.41, 5.74) is 1.69. The molecule has 10 nitrogen and oxygen atoms in total. The van der Waals surface area contributed by atoms with Gasteiger partial charge >= 0.3 is 0 Å². The smallest absolute Gasteiger partial charge is 0.224 e. The Morgan fingerprint density at radius 3 is 2.61 bits per heavy atom. The van der Waals surface area contributed by atoms with Gasteiger partial charge in [0.25, 0.3) is 0 Å². The number of rotatable bonds is 10. The van der Waals surface area contributed by atoms with Crippen LogP contribution in [0.3, 0.4) is 0 Å². The Bertz CT molecular complexity index is 1240. The highest BCUT2D eigenvalue weighted by Crippen LogP contribution is 2.42. The average molecular weight is 498 g/mol. The van der Waals surface area contributed by atoms with Crippen molar-refractivity contribution < 1.29 is 24.1 Å². The molecule has 10 heteroatoms. The number of hydrogen-bond acceptors (Lipinski definition) is 10. The van der Waals surface area contributed by atoms with Crippen molar-refractivity contribution in [1.82, 2.24) is 15.0 Å². The van der Waals surface area contributed by atoms with Crippen LogP contribution >= 0.6 is 0 Å². The molecular formula is C26H35N5O5. The van der Waals surface area contributed by atoms with Crippen LogP contribution in [0.15, 0.2) is 16.5 Å². The fraction of sp³-hybridized carbons (Fsp3) is 0.577. The Balaban J connectivity index is 1.59. The molecule has 3 heterocycles. The quantitative estimate of drug-likeness (QED) is 0.308. The van der Waals surface area contributed by atoms with E-state index in [4.69, 9.17) is 23.9 Å². The molecule has 3 atom stereocenters. The van der Waals surface area contributed by atoms with Crippen LogP contribution in [-0.4, -0.2) is 63.9 Å². The number of aliphatic hydroxyl groups is 2. The maximum absolute atomic E-state index is 11.0. The zero-order chi connectivity index (χ0) is 25.4. The lowest BCUT2D eigenvalue weighted by atomic mass is 10.0. The van der Waals surface area contributed by atoms with Gasteiger partial charge in [-0.25, -0.2) is 9.97 Å². The van der Waals surface area contributed by atoms with E-state index in [0.29, 0.717) is 59.9 Å². The van der Waals surface area contributed by atoms with Gasteiger partial charge < -0.3 is 34.7 Å². The monoisotopic (exact) mass is 497 g/mol. The normalized spacial score (nSPS) is 23.8. The molecule has 0 saturated heterocycles. The Hall–Kier alpha value is -2.95. The van der Waals surface area contributed by atoms with E-state index < -0.39 is 11.8 Å². The molecule has 2 aliphatic carbocycles. The molecule has 0 aliphatic heterocycles. The number of aromatic nitrogens is 3. The highest BCUT2D eigenvalue weighted by molar-refractivity contribution is 5.88. The molecule has 3 unspecified atom stereocenters. The largest absolute Gasteiger partial charge is 0.478 e. The molecule has 3 aromatic heterocycles. The molecule has 0 radical (unpaired) electrons. The van der Waals surface area contributed by atoms with Gasteiger partial charge in [-0.3, -0.25) is 0 Å². The Morgan fingerprint density at radius 1 is 1.14 bits per heavy atom. The number of nitrogens with one attached hydrogen (secondary N) is 2. The molecule has 2 saturated carbocycles. The van der Waals surface area contributed by atoms with Crippen molar-refractivity contribution in [3.63, 3.8) is 0 Å². The van der Waals surface area contributed by atoms with E-state index in [-0.39, 0.29) is 12.5 Å². The van der Waals surface area contributed by atoms with E-state index in [0.717, 1.165) is 23.3 Å². The summed E-state index contributed by atoms with van der Waals surface area (Å²) in [6.45, 7) is 6.94. The maximum atomic E-state index is 11.0. The highest BCUT2D eigenvalue weighted by atomic mass is 16.5. The van der Waals surface area contributed by atoms with Gasteiger partial charge in [0.05, 0.1) is 23.6 Å². The Labute approximate surface area is 210 Å². The summed E-state index contributed by atoms with van der Waals surface area (Å²) in [5, 5.41) is 28.4. The minimum absolute atomic E-state index is 0.115. The highest BCUT2D eigenvalue weighted by Gasteiger charge is 2.49. The number of ether oxygens (including phenoxy) is 2. The van der Waals surface area contributed by atoms with Crippen LogP contribution in [0.2, 0.25) is 0 Å². The average Bonchev–Trinajstić information content (AvgIpc) is 3.51. The van der Waals surface area contributed by atoms with E-state index in [1.807, 2.05) is 32.9 Å². The standard InChI is InChI=1S/C26H35N5O5/c1-5-35-20-11-18-10-19(36-22(18)15(3)28-20)21-14(2)29-25(27-12-16-6-7-16)30-24(21)31-26(34-4)9-8-17(13-32)23(26)33/h10-11,16-17,23,32-33H,5-9,12-13H2,1-4H3,(H2,27,29,30,31). The molecule has 0 spiro atoms. The van der Waals surface area contributed by atoms with Gasteiger partial charge in [-0.05, 0) is 58.4 Å². The number of aliphatic hydroxyl groups excluding tert-OH is 2. The molecule has 2 aliphatic rings. The van der Waals surface area contributed by atoms with Crippen molar-refractivity contribution in [3.8, 4) is 17.2 Å². The molecule has 4 N–H and O–H groups in total. The summed E-state index contributed by atoms with van der Waals surface area (Å²) in [5.74, 6) is 2.50. The summed E-state index contributed by atoms with van der Waals surface area (Å²) in [6.07, 6.45) is 2.67. The molecule has 0 bridgehead atoms. The number of pyridine rings is 1. The lowest BCUT2D eigenvalue weighted by Gasteiger charge is -2.34. The van der Waals surface area contributed by atoms with Crippen LogP contribution in [0.4, 0.5) is 11.8 Å². The predicted molar refractivity (Wildman–Crippen MR) is 136 cm³/mol. The fourth-order valence-electron chi connectivity index (χ4n) is 5.00. The molecule has 5 rings (SSSR count). The zero-order valence-electron chi connectivity index (χ0n) is 21.3. The van der Waals surface area contributed by atoms with Crippen LogP contribution < -0.4 is 15.4 Å². The van der Waals surface area contributed by atoms with Gasteiger partial charge in [0.15, 0.2) is 11.3 Å². The van der Waals surface area contributed by atoms with E-state index in [2.05, 4.69) is 15.6 Å². The van der Waals surface area contributed by atoms with Gasteiger partial charge in [0.2, 0.25) is 11.8 Å². The zero-order valence-corrected chi connectivity index (χ0v) is 21.3. The van der Waals surface area contributed by atoms with Crippen molar-refractivity contribution >= 4 is 22.7 Å². The lowest BCUT2D eigenvalue weighted by molar-refractivity contribution is -0.0807. The van der Waals surface area contributed by atoms with Crippen LogP contribution in [0.25, 0.3) is 22.3 Å². The Morgan fingerprint density at radius 2 is 1.94 bits per heavy atom. The van der Waals surface area contributed by atoms with Gasteiger partial charge in [-0.15, -0.1) is 0 Å². The molecule has 0 aromatic carbocycles. The van der Waals surface area contributed by atoms with Gasteiger partial charge in [0, 0.05) is 37.6 Å². The van der Waals surface area contributed by atoms with Gasteiger partial charge in [-0.1, -0.05) is 0 Å². The summed E-state index contributed by atoms with van der Waals surface area (Å²) < 4.78 is 17.7. The first-order chi connectivity index (χ1) is 17.4. The number of aryl methyl sites for hydroxylation is 2. The summed E-state index contributed by atoms with van der Waals surface area (Å²) in [4.78, 5) is 14.0. The van der Waals surface area contributed by atoms with Crippen LogP contribution in [0, 0.1) is 25.7 Å². The molecule has 194 valence electrons. The minimum atomic E-state index is -1.09. The second-order valence-corrected chi connectivity index (χ2v) is 9.83. The SMILES string of the molecule is CCOc1cc2cc(-c3c(C)nc(NCC4CC4)nc3NC3(OC)CCC(CO)C3O)oc2c(C)n1. The Kier molecular flexibility index (Phi) is 6.76. The van der Waals surface area contributed by atoms with E-state index in [9.17, 15) is 10.2 Å². The summed E-state index contributed by atoms with van der Waals surface area (Å²) >= 11 is 0. The van der Waals surface area contributed by atoms with E-state index in [1.165, 1.54) is 12.8 Å². The van der Waals surface area contributed by atoms with Crippen LogP contribution in [0.1, 0.15) is 44.0 Å². The molecule has 3 aromatic rings. The van der Waals surface area contributed by atoms with Crippen molar-refractivity contribution in [3.05, 3.63) is 23.5 Å². The number of anilines is 2. The van der Waals surface area contributed by atoms with Gasteiger partial charge in [-0.2, -0.15) is 4.98 Å². The number of fused-ring (bicyclic) bond motifs is 1. The summed E-state index contributed by atoms with van der Waals surface area (Å²) in [7, 11) is 1.56. The second-order valence-electron chi connectivity index (χ2n) is 9.83. The number of furan rings is 1. The van der Waals surface area contributed by atoms with E-state index >= 15 is 0 Å². The van der Waals surface area contributed by atoms with Crippen molar-refractivity contribution in [2.24, 2.45) is 11.8 Å². The topological polar surface area (TPSA) is 135 Å². The lowest BCUT2D eigenvalue weighted by Crippen LogP contribution is -2.49. The summed E-state index contributed by atoms with van der Waals surface area (Å²) in [6, 6.07) is 3.79. The van der Waals surface area contributed by atoms with Crippen molar-refractivity contribution in [2.45, 2.75) is 58.3 Å². The third-order valence-electron chi connectivity index (χ3n) is 7.26. The predicted octanol–water partition coefficient (Wildman–Crippen LogP) is 3.64. The first-order valence-electron chi connectivity index (χ1n) is 12.7. The van der Waals surface area contributed by atoms with Crippen molar-refractivity contribution in [1.29, 1.82) is 0 Å². The molecular weight excluding hydrogens is 462 g/mol. The third-order valence-corrected chi connectivity index (χ3v) is 7.26. The van der Waals surface area contributed by atoms with Crippen molar-refractivity contribution in [2.75, 3.05) is 37.5 Å². The van der Waals surface area contributed by atoms with Gasteiger partial charge in [0.1, 0.15) is 17.7 Å². The first kappa shape index (κ1) is 24.7. The van der Waals surface area contributed by atoms with Crippen LogP contribution in [-0.2, 0) is 4.74 Å². The van der Waals surface area contributed by atoms with Crippen LogP contribution in [0.5, 0.6) is 5.88 Å². The molecule has 36 heavy (non-hydrogen) atoms. The first-order valence-corrected chi connectivity index (χ1v) is 12.7.